The van der Waals surface area contributed by atoms with Gasteiger partial charge in [-0.05, 0) is 29.8 Å². The van der Waals surface area contributed by atoms with Crippen molar-refractivity contribution in [1.82, 2.24) is 20.5 Å². The van der Waals surface area contributed by atoms with Crippen LogP contribution in [0.25, 0.3) is 0 Å². The van der Waals surface area contributed by atoms with Gasteiger partial charge >= 0.3 is 0 Å². The maximum absolute atomic E-state index is 12.9. The summed E-state index contributed by atoms with van der Waals surface area (Å²) in [6.07, 6.45) is 1.67. The van der Waals surface area contributed by atoms with Gasteiger partial charge in [-0.2, -0.15) is 0 Å². The van der Waals surface area contributed by atoms with Crippen LogP contribution in [-0.2, 0) is 12.3 Å². The van der Waals surface area contributed by atoms with Crippen LogP contribution in [0.1, 0.15) is 20.4 Å². The van der Waals surface area contributed by atoms with Gasteiger partial charge < -0.3 is 5.32 Å². The van der Waals surface area contributed by atoms with E-state index in [4.69, 9.17) is 11.6 Å². The first-order valence-corrected chi connectivity index (χ1v) is 9.38. The van der Waals surface area contributed by atoms with Crippen LogP contribution in [-0.4, -0.2) is 21.1 Å². The number of thioether (sulfide) groups is 1. The van der Waals surface area contributed by atoms with Gasteiger partial charge in [0.15, 0.2) is 0 Å². The van der Waals surface area contributed by atoms with Gasteiger partial charge in [-0.25, -0.2) is 9.37 Å². The minimum absolute atomic E-state index is 0.282. The molecular weight excluding hydrogens is 383 g/mol. The fourth-order valence-electron chi connectivity index (χ4n) is 1.87. The number of halogens is 2. The van der Waals surface area contributed by atoms with E-state index in [1.807, 2.05) is 0 Å². The average Bonchev–Trinajstić information content (AvgIpc) is 3.09. The third-order valence-corrected chi connectivity index (χ3v) is 5.62. The van der Waals surface area contributed by atoms with Crippen molar-refractivity contribution >= 4 is 40.6 Å². The first-order chi connectivity index (χ1) is 12.1. The topological polar surface area (TPSA) is 67.8 Å². The SMILES string of the molecule is O=C(NCc1ccc(F)cc1)c1nnc(CSc2ncccc2Cl)s1. The molecule has 1 amide bonds. The van der Waals surface area contributed by atoms with Crippen LogP contribution in [0, 0.1) is 5.82 Å². The highest BCUT2D eigenvalue weighted by Crippen LogP contribution is 2.28. The van der Waals surface area contributed by atoms with Crippen molar-refractivity contribution < 1.29 is 9.18 Å². The van der Waals surface area contributed by atoms with E-state index in [1.54, 1.807) is 30.5 Å². The molecular formula is C16H12ClFN4OS2. The van der Waals surface area contributed by atoms with Gasteiger partial charge in [0.05, 0.1) is 10.8 Å². The molecule has 0 atom stereocenters. The number of pyridine rings is 1. The molecule has 1 aromatic carbocycles. The van der Waals surface area contributed by atoms with Gasteiger partial charge in [0.25, 0.3) is 5.91 Å². The Morgan fingerprint density at radius 1 is 1.24 bits per heavy atom. The summed E-state index contributed by atoms with van der Waals surface area (Å²) in [6.45, 7) is 0.298. The third kappa shape index (κ3) is 4.97. The Labute approximate surface area is 156 Å². The van der Waals surface area contributed by atoms with E-state index >= 15 is 0 Å². The number of rotatable bonds is 6. The number of carbonyl (C=O) groups is 1. The van der Waals surface area contributed by atoms with Crippen molar-refractivity contribution in [1.29, 1.82) is 0 Å². The number of amides is 1. The molecule has 0 saturated carbocycles. The second-order valence-electron chi connectivity index (χ2n) is 4.89. The number of benzene rings is 1. The molecule has 1 N–H and O–H groups in total. The maximum atomic E-state index is 12.9. The second-order valence-corrected chi connectivity index (χ2v) is 7.32. The van der Waals surface area contributed by atoms with Crippen LogP contribution in [0.2, 0.25) is 5.02 Å². The molecule has 3 aromatic rings. The lowest BCUT2D eigenvalue weighted by atomic mass is 10.2. The molecule has 2 heterocycles. The Balaban J connectivity index is 1.54. The molecule has 0 unspecified atom stereocenters. The molecule has 9 heteroatoms. The predicted molar refractivity (Wildman–Crippen MR) is 96.3 cm³/mol. The summed E-state index contributed by atoms with van der Waals surface area (Å²) in [6, 6.07) is 9.48. The lowest BCUT2D eigenvalue weighted by Gasteiger charge is -2.02. The van der Waals surface area contributed by atoms with Gasteiger partial charge in [0.2, 0.25) is 5.01 Å². The molecule has 2 aromatic heterocycles. The highest BCUT2D eigenvalue weighted by Gasteiger charge is 2.13. The zero-order valence-corrected chi connectivity index (χ0v) is 15.2. The number of carbonyl (C=O) groups excluding carboxylic acids is 1. The van der Waals surface area contributed by atoms with Crippen molar-refractivity contribution in [3.05, 3.63) is 69.0 Å². The van der Waals surface area contributed by atoms with E-state index < -0.39 is 0 Å². The van der Waals surface area contributed by atoms with Crippen molar-refractivity contribution in [2.24, 2.45) is 0 Å². The van der Waals surface area contributed by atoms with E-state index in [0.29, 0.717) is 27.4 Å². The van der Waals surface area contributed by atoms with E-state index in [-0.39, 0.29) is 16.7 Å². The molecule has 25 heavy (non-hydrogen) atoms. The molecule has 128 valence electrons. The van der Waals surface area contributed by atoms with E-state index in [9.17, 15) is 9.18 Å². The van der Waals surface area contributed by atoms with E-state index in [0.717, 1.165) is 5.56 Å². The van der Waals surface area contributed by atoms with Crippen LogP contribution >= 0.6 is 34.7 Å². The lowest BCUT2D eigenvalue weighted by molar-refractivity contribution is 0.0950. The van der Waals surface area contributed by atoms with Crippen molar-refractivity contribution in [3.63, 3.8) is 0 Å². The van der Waals surface area contributed by atoms with Crippen LogP contribution in [0.3, 0.4) is 0 Å². The molecule has 5 nitrogen and oxygen atoms in total. The van der Waals surface area contributed by atoms with Gasteiger partial charge in [-0.3, -0.25) is 4.79 Å². The number of hydrogen-bond donors (Lipinski definition) is 1. The number of nitrogens with one attached hydrogen (secondary N) is 1. The smallest absolute Gasteiger partial charge is 0.282 e. The number of nitrogens with zero attached hydrogens (tertiary/aromatic N) is 3. The Morgan fingerprint density at radius 3 is 2.80 bits per heavy atom. The van der Waals surface area contributed by atoms with E-state index in [2.05, 4.69) is 20.5 Å². The molecule has 0 aliphatic carbocycles. The van der Waals surface area contributed by atoms with Crippen LogP contribution in [0.15, 0.2) is 47.6 Å². The molecule has 0 spiro atoms. The largest absolute Gasteiger partial charge is 0.346 e. The summed E-state index contributed by atoms with van der Waals surface area (Å²) < 4.78 is 12.9. The Morgan fingerprint density at radius 2 is 2.04 bits per heavy atom. The molecule has 3 rings (SSSR count). The highest BCUT2D eigenvalue weighted by molar-refractivity contribution is 7.98. The van der Waals surface area contributed by atoms with Gasteiger partial charge in [-0.15, -0.1) is 10.2 Å². The summed E-state index contributed by atoms with van der Waals surface area (Å²) in [5.74, 6) is -0.0945. The Bertz CT molecular complexity index is 873. The highest BCUT2D eigenvalue weighted by atomic mass is 35.5. The van der Waals surface area contributed by atoms with Crippen LogP contribution in [0.4, 0.5) is 4.39 Å². The fraction of sp³-hybridized carbons (Fsp3) is 0.125. The number of aromatic nitrogens is 3. The molecule has 0 saturated heterocycles. The normalized spacial score (nSPS) is 10.6. The first kappa shape index (κ1) is 17.8. The third-order valence-electron chi connectivity index (χ3n) is 3.08. The van der Waals surface area contributed by atoms with E-state index in [1.165, 1.54) is 35.2 Å². The summed E-state index contributed by atoms with van der Waals surface area (Å²) in [7, 11) is 0. The first-order valence-electron chi connectivity index (χ1n) is 7.20. The second kappa shape index (κ2) is 8.37. The van der Waals surface area contributed by atoms with Crippen LogP contribution in [0.5, 0.6) is 0 Å². The summed E-state index contributed by atoms with van der Waals surface area (Å²) >= 11 is 8.70. The summed E-state index contributed by atoms with van der Waals surface area (Å²) in [5.41, 5.74) is 0.805. The zero-order chi connectivity index (χ0) is 17.6. The molecule has 0 fully saturated rings. The Hall–Kier alpha value is -2.03. The van der Waals surface area contributed by atoms with Gasteiger partial charge in [-0.1, -0.05) is 46.8 Å². The van der Waals surface area contributed by atoms with Gasteiger partial charge in [0.1, 0.15) is 15.9 Å². The van der Waals surface area contributed by atoms with Crippen LogP contribution < -0.4 is 5.32 Å². The van der Waals surface area contributed by atoms with Crippen molar-refractivity contribution in [2.75, 3.05) is 0 Å². The summed E-state index contributed by atoms with van der Waals surface area (Å²) in [4.78, 5) is 16.3. The zero-order valence-electron chi connectivity index (χ0n) is 12.8. The fourth-order valence-corrected chi connectivity index (χ4v) is 3.78. The Kier molecular flexibility index (Phi) is 5.95. The molecule has 0 radical (unpaired) electrons. The number of hydrogen-bond acceptors (Lipinski definition) is 6. The molecule has 0 aliphatic rings. The molecule has 0 aliphatic heterocycles. The van der Waals surface area contributed by atoms with Gasteiger partial charge in [0, 0.05) is 12.7 Å². The minimum atomic E-state index is -0.311. The minimum Gasteiger partial charge on any atom is -0.346 e. The van der Waals surface area contributed by atoms with Crippen molar-refractivity contribution in [3.8, 4) is 0 Å². The average molecular weight is 395 g/mol. The summed E-state index contributed by atoms with van der Waals surface area (Å²) in [5, 5.41) is 12.9. The standard InChI is InChI=1S/C16H12ClFN4OS2/c17-12-2-1-7-19-15(12)24-9-13-21-22-16(25-13)14(23)20-8-10-3-5-11(18)6-4-10/h1-7H,8-9H2,(H,20,23). The lowest BCUT2D eigenvalue weighted by Crippen LogP contribution is -2.22. The molecule has 0 bridgehead atoms. The van der Waals surface area contributed by atoms with Crippen molar-refractivity contribution in [2.45, 2.75) is 17.3 Å². The monoisotopic (exact) mass is 394 g/mol. The predicted octanol–water partition coefficient (Wildman–Crippen LogP) is 3.95. The quantitative estimate of drug-likeness (QED) is 0.641. The maximum Gasteiger partial charge on any atom is 0.282 e.